The summed E-state index contributed by atoms with van der Waals surface area (Å²) in [6.45, 7) is 6.39. The first-order valence-electron chi connectivity index (χ1n) is 8.21. The van der Waals surface area contributed by atoms with Crippen molar-refractivity contribution in [3.63, 3.8) is 0 Å². The van der Waals surface area contributed by atoms with Gasteiger partial charge in [-0.1, -0.05) is 0 Å². The highest BCUT2D eigenvalue weighted by atomic mass is 16.7. The van der Waals surface area contributed by atoms with E-state index in [2.05, 4.69) is 5.32 Å². The third kappa shape index (κ3) is 2.98. The van der Waals surface area contributed by atoms with Crippen molar-refractivity contribution in [1.82, 2.24) is 5.32 Å². The van der Waals surface area contributed by atoms with Gasteiger partial charge < -0.3 is 14.8 Å². The number of ether oxygens (including phenoxy) is 2. The van der Waals surface area contributed by atoms with E-state index in [1.165, 1.54) is 38.5 Å². The fraction of sp³-hybridized carbons (Fsp3) is 1.00. The average Bonchev–Trinajstić information content (AvgIpc) is 2.35. The third-order valence-electron chi connectivity index (χ3n) is 5.39. The Labute approximate surface area is 117 Å². The van der Waals surface area contributed by atoms with Gasteiger partial charge in [-0.2, -0.15) is 0 Å². The highest BCUT2D eigenvalue weighted by molar-refractivity contribution is 5.06. The van der Waals surface area contributed by atoms with E-state index in [1.807, 2.05) is 13.8 Å². The first kappa shape index (κ1) is 13.8. The van der Waals surface area contributed by atoms with Crippen molar-refractivity contribution in [1.29, 1.82) is 0 Å². The van der Waals surface area contributed by atoms with Gasteiger partial charge in [-0.25, -0.2) is 0 Å². The maximum Gasteiger partial charge on any atom is 0.169 e. The summed E-state index contributed by atoms with van der Waals surface area (Å²) < 4.78 is 11.3. The highest BCUT2D eigenvalue weighted by Gasteiger charge is 2.50. The molecule has 3 heteroatoms. The van der Waals surface area contributed by atoms with E-state index in [9.17, 15) is 0 Å². The fourth-order valence-corrected chi connectivity index (χ4v) is 5.16. The summed E-state index contributed by atoms with van der Waals surface area (Å²) in [4.78, 5) is 0. The van der Waals surface area contributed by atoms with Gasteiger partial charge in [0.05, 0.1) is 0 Å². The van der Waals surface area contributed by atoms with Crippen molar-refractivity contribution in [3.05, 3.63) is 0 Å². The molecule has 0 aromatic rings. The average molecular weight is 267 g/mol. The van der Waals surface area contributed by atoms with Gasteiger partial charge in [-0.15, -0.1) is 0 Å². The van der Waals surface area contributed by atoms with E-state index in [0.29, 0.717) is 5.54 Å². The molecule has 4 rings (SSSR count). The molecule has 0 radical (unpaired) electrons. The zero-order valence-corrected chi connectivity index (χ0v) is 12.5. The van der Waals surface area contributed by atoms with Crippen LogP contribution in [0.25, 0.3) is 0 Å². The maximum absolute atomic E-state index is 5.66. The van der Waals surface area contributed by atoms with Crippen molar-refractivity contribution in [3.8, 4) is 0 Å². The molecule has 0 unspecified atom stereocenters. The Balaban J connectivity index is 1.56. The lowest BCUT2D eigenvalue weighted by Gasteiger charge is -2.57. The Hall–Kier alpha value is -0.120. The quantitative estimate of drug-likeness (QED) is 0.719. The molecule has 0 saturated heterocycles. The molecule has 1 N–H and O–H groups in total. The molecule has 19 heavy (non-hydrogen) atoms. The van der Waals surface area contributed by atoms with Gasteiger partial charge in [0.15, 0.2) is 6.29 Å². The van der Waals surface area contributed by atoms with Gasteiger partial charge in [0, 0.05) is 25.3 Å². The standard InChI is InChI=1S/C16H29NO2/c1-3-18-15(19-4-2)11-17-16-8-12-5-13(9-16)7-14(6-12)10-16/h12-15,17H,3-11H2,1-2H3. The molecule has 3 nitrogen and oxygen atoms in total. The van der Waals surface area contributed by atoms with Crippen LogP contribution in [0.5, 0.6) is 0 Å². The van der Waals surface area contributed by atoms with Gasteiger partial charge in [0.25, 0.3) is 0 Å². The fourth-order valence-electron chi connectivity index (χ4n) is 5.16. The van der Waals surface area contributed by atoms with E-state index >= 15 is 0 Å². The molecular formula is C16H29NO2. The minimum atomic E-state index is -0.0667. The predicted molar refractivity (Wildman–Crippen MR) is 75.9 cm³/mol. The van der Waals surface area contributed by atoms with Crippen LogP contribution in [0.4, 0.5) is 0 Å². The SMILES string of the molecule is CCOC(CNC12CC3CC(CC(C3)C1)C2)OCC. The lowest BCUT2D eigenvalue weighted by atomic mass is 9.53. The molecule has 0 atom stereocenters. The van der Waals surface area contributed by atoms with Crippen LogP contribution in [0.15, 0.2) is 0 Å². The summed E-state index contributed by atoms with van der Waals surface area (Å²) in [7, 11) is 0. The molecule has 4 bridgehead atoms. The third-order valence-corrected chi connectivity index (χ3v) is 5.39. The van der Waals surface area contributed by atoms with Gasteiger partial charge in [0.1, 0.15) is 0 Å². The molecule has 0 heterocycles. The summed E-state index contributed by atoms with van der Waals surface area (Å²) in [5.41, 5.74) is 0.418. The van der Waals surface area contributed by atoms with Crippen LogP contribution in [0.1, 0.15) is 52.4 Å². The molecule has 4 aliphatic rings. The van der Waals surface area contributed by atoms with Crippen molar-refractivity contribution < 1.29 is 9.47 Å². The minimum absolute atomic E-state index is 0.0667. The zero-order chi connectivity index (χ0) is 13.3. The van der Waals surface area contributed by atoms with E-state index in [0.717, 1.165) is 37.5 Å². The zero-order valence-electron chi connectivity index (χ0n) is 12.5. The van der Waals surface area contributed by atoms with Crippen LogP contribution in [0.2, 0.25) is 0 Å². The van der Waals surface area contributed by atoms with Crippen molar-refractivity contribution in [2.75, 3.05) is 19.8 Å². The lowest BCUT2D eigenvalue weighted by molar-refractivity contribution is -0.140. The number of hydrogen-bond acceptors (Lipinski definition) is 3. The Morgan fingerprint density at radius 1 is 0.947 bits per heavy atom. The minimum Gasteiger partial charge on any atom is -0.352 e. The second-order valence-corrected chi connectivity index (χ2v) is 6.92. The van der Waals surface area contributed by atoms with Crippen LogP contribution in [-0.2, 0) is 9.47 Å². The molecule has 110 valence electrons. The van der Waals surface area contributed by atoms with Crippen LogP contribution < -0.4 is 5.32 Å². The van der Waals surface area contributed by atoms with Crippen LogP contribution >= 0.6 is 0 Å². The van der Waals surface area contributed by atoms with Crippen LogP contribution in [0.3, 0.4) is 0 Å². The second-order valence-electron chi connectivity index (χ2n) is 6.92. The predicted octanol–water partition coefficient (Wildman–Crippen LogP) is 2.94. The monoisotopic (exact) mass is 267 g/mol. The van der Waals surface area contributed by atoms with Gasteiger partial charge >= 0.3 is 0 Å². The molecule has 4 aliphatic carbocycles. The normalized spacial score (nSPS) is 40.3. The highest BCUT2D eigenvalue weighted by Crippen LogP contribution is 2.55. The van der Waals surface area contributed by atoms with Crippen molar-refractivity contribution >= 4 is 0 Å². The molecule has 0 aromatic heterocycles. The summed E-state index contributed by atoms with van der Waals surface area (Å²) in [5.74, 6) is 2.99. The summed E-state index contributed by atoms with van der Waals surface area (Å²) in [6, 6.07) is 0. The van der Waals surface area contributed by atoms with E-state index < -0.39 is 0 Å². The first-order chi connectivity index (χ1) is 9.23. The number of hydrogen-bond donors (Lipinski definition) is 1. The number of nitrogens with one attached hydrogen (secondary N) is 1. The molecule has 0 aromatic carbocycles. The molecular weight excluding hydrogens is 238 g/mol. The Bertz CT molecular complexity index is 264. The van der Waals surface area contributed by atoms with E-state index in [1.54, 1.807) is 0 Å². The van der Waals surface area contributed by atoms with Crippen molar-refractivity contribution in [2.24, 2.45) is 17.8 Å². The van der Waals surface area contributed by atoms with Gasteiger partial charge in [-0.05, 0) is 70.1 Å². The largest absolute Gasteiger partial charge is 0.352 e. The number of rotatable bonds is 7. The van der Waals surface area contributed by atoms with Crippen LogP contribution in [-0.4, -0.2) is 31.6 Å². The molecule has 4 fully saturated rings. The second kappa shape index (κ2) is 5.71. The first-order valence-corrected chi connectivity index (χ1v) is 8.21. The summed E-state index contributed by atoms with van der Waals surface area (Å²) in [6.07, 6.45) is 8.62. The molecule has 0 spiro atoms. The van der Waals surface area contributed by atoms with Gasteiger partial charge in [0.2, 0.25) is 0 Å². The smallest absolute Gasteiger partial charge is 0.169 e. The maximum atomic E-state index is 5.66. The van der Waals surface area contributed by atoms with E-state index in [-0.39, 0.29) is 6.29 Å². The summed E-state index contributed by atoms with van der Waals surface area (Å²) >= 11 is 0. The molecule has 0 amide bonds. The lowest BCUT2D eigenvalue weighted by Crippen LogP contribution is -2.59. The Morgan fingerprint density at radius 2 is 1.42 bits per heavy atom. The summed E-state index contributed by atoms with van der Waals surface area (Å²) in [5, 5.41) is 3.85. The van der Waals surface area contributed by atoms with E-state index in [4.69, 9.17) is 9.47 Å². The topological polar surface area (TPSA) is 30.5 Å². The van der Waals surface area contributed by atoms with Crippen molar-refractivity contribution in [2.45, 2.75) is 64.2 Å². The Morgan fingerprint density at radius 3 is 1.84 bits per heavy atom. The van der Waals surface area contributed by atoms with Crippen LogP contribution in [0, 0.1) is 17.8 Å². The molecule has 4 saturated carbocycles. The Kier molecular flexibility index (Phi) is 4.16. The molecule has 0 aliphatic heterocycles. The van der Waals surface area contributed by atoms with Gasteiger partial charge in [-0.3, -0.25) is 0 Å².